The number of aromatic nitrogens is 2. The smallest absolute Gasteiger partial charge is 0.406 e. The summed E-state index contributed by atoms with van der Waals surface area (Å²) in [4.78, 5) is 4.10. The van der Waals surface area contributed by atoms with E-state index in [1.54, 1.807) is 6.07 Å². The van der Waals surface area contributed by atoms with Gasteiger partial charge in [0.25, 0.3) is 0 Å². The second kappa shape index (κ2) is 5.45. The lowest BCUT2D eigenvalue weighted by atomic mass is 10.2. The zero-order chi connectivity index (χ0) is 16.6. The molecule has 0 aliphatic carbocycles. The number of nitrogen functional groups attached to an aromatic ring is 1. The van der Waals surface area contributed by atoms with Crippen LogP contribution in [0.4, 0.5) is 23.5 Å². The topological polar surface area (TPSA) is 53.1 Å². The first-order chi connectivity index (χ1) is 10.8. The molecule has 0 fully saturated rings. The zero-order valence-electron chi connectivity index (χ0n) is 11.6. The first kappa shape index (κ1) is 15.1. The first-order valence-corrected chi connectivity index (χ1v) is 6.58. The molecule has 0 aliphatic rings. The molecule has 2 aromatic carbocycles. The summed E-state index contributed by atoms with van der Waals surface area (Å²) in [5.41, 5.74) is 7.29. The summed E-state index contributed by atoms with van der Waals surface area (Å²) in [6.45, 7) is 0.140. The van der Waals surface area contributed by atoms with Gasteiger partial charge in [-0.1, -0.05) is 12.1 Å². The number of fused-ring (bicyclic) bond motifs is 1. The van der Waals surface area contributed by atoms with Gasteiger partial charge in [0, 0.05) is 0 Å². The maximum atomic E-state index is 13.4. The summed E-state index contributed by atoms with van der Waals surface area (Å²) >= 11 is 0. The summed E-state index contributed by atoms with van der Waals surface area (Å²) in [7, 11) is 0. The van der Waals surface area contributed by atoms with Crippen molar-refractivity contribution in [3.63, 3.8) is 0 Å². The van der Waals surface area contributed by atoms with Crippen LogP contribution in [0.1, 0.15) is 5.56 Å². The quantitative estimate of drug-likeness (QED) is 0.747. The van der Waals surface area contributed by atoms with E-state index in [-0.39, 0.29) is 18.2 Å². The van der Waals surface area contributed by atoms with Crippen molar-refractivity contribution < 1.29 is 22.3 Å². The molecular formula is C15H11F4N3O. The number of benzene rings is 2. The van der Waals surface area contributed by atoms with Crippen LogP contribution in [0.5, 0.6) is 5.75 Å². The molecule has 1 aromatic heterocycles. The lowest BCUT2D eigenvalue weighted by Gasteiger charge is -2.11. The fourth-order valence-corrected chi connectivity index (χ4v) is 2.30. The largest absolute Gasteiger partial charge is 0.573 e. The Hall–Kier alpha value is -2.77. The molecule has 0 bridgehead atoms. The number of nitrogens with zero attached hydrogens (tertiary/aromatic N) is 2. The molecule has 0 spiro atoms. The number of hydrogen-bond donors (Lipinski definition) is 1. The number of hydrogen-bond acceptors (Lipinski definition) is 3. The Morgan fingerprint density at radius 1 is 1.13 bits per heavy atom. The van der Waals surface area contributed by atoms with E-state index in [9.17, 15) is 17.6 Å². The van der Waals surface area contributed by atoms with Crippen molar-refractivity contribution in [3.05, 3.63) is 53.8 Å². The lowest BCUT2D eigenvalue weighted by Crippen LogP contribution is -2.17. The van der Waals surface area contributed by atoms with Gasteiger partial charge in [0.05, 0.1) is 17.6 Å². The van der Waals surface area contributed by atoms with E-state index in [1.807, 2.05) is 0 Å². The van der Waals surface area contributed by atoms with Gasteiger partial charge in [-0.2, -0.15) is 0 Å². The van der Waals surface area contributed by atoms with Gasteiger partial charge in [0.2, 0.25) is 5.95 Å². The van der Waals surface area contributed by atoms with Crippen molar-refractivity contribution in [1.29, 1.82) is 0 Å². The molecule has 4 nitrogen and oxygen atoms in total. The van der Waals surface area contributed by atoms with Crippen LogP contribution < -0.4 is 10.5 Å². The number of rotatable bonds is 3. The zero-order valence-corrected chi connectivity index (χ0v) is 11.6. The second-order valence-corrected chi connectivity index (χ2v) is 4.88. The highest BCUT2D eigenvalue weighted by Crippen LogP contribution is 2.25. The Morgan fingerprint density at radius 3 is 2.65 bits per heavy atom. The van der Waals surface area contributed by atoms with E-state index in [4.69, 9.17) is 5.73 Å². The Labute approximate surface area is 128 Å². The maximum Gasteiger partial charge on any atom is 0.573 e. The lowest BCUT2D eigenvalue weighted by molar-refractivity contribution is -0.274. The fourth-order valence-electron chi connectivity index (χ4n) is 2.30. The average molecular weight is 325 g/mol. The Balaban J connectivity index is 1.95. The summed E-state index contributed by atoms with van der Waals surface area (Å²) in [5.74, 6) is -0.635. The van der Waals surface area contributed by atoms with E-state index in [0.717, 1.165) is 0 Å². The Morgan fingerprint density at radius 2 is 1.91 bits per heavy atom. The molecule has 3 rings (SSSR count). The highest BCUT2D eigenvalue weighted by atomic mass is 19.4. The van der Waals surface area contributed by atoms with Gasteiger partial charge >= 0.3 is 6.36 Å². The highest BCUT2D eigenvalue weighted by Gasteiger charge is 2.31. The highest BCUT2D eigenvalue weighted by molar-refractivity contribution is 5.78. The fraction of sp³-hybridized carbons (Fsp3) is 0.133. The Kier molecular flexibility index (Phi) is 3.59. The normalized spacial score (nSPS) is 11.8. The predicted molar refractivity (Wildman–Crippen MR) is 76.3 cm³/mol. The van der Waals surface area contributed by atoms with E-state index in [1.165, 1.54) is 41.0 Å². The summed E-state index contributed by atoms with van der Waals surface area (Å²) in [6.07, 6.45) is -4.76. The van der Waals surface area contributed by atoms with Crippen LogP contribution in [0, 0.1) is 5.82 Å². The molecule has 0 saturated carbocycles. The molecule has 1 heterocycles. The van der Waals surface area contributed by atoms with Gasteiger partial charge in [0.1, 0.15) is 11.6 Å². The van der Waals surface area contributed by atoms with Crippen molar-refractivity contribution in [3.8, 4) is 5.75 Å². The van der Waals surface area contributed by atoms with Crippen LogP contribution in [0.2, 0.25) is 0 Å². The number of alkyl halides is 3. The minimum absolute atomic E-state index is 0.140. The van der Waals surface area contributed by atoms with Crippen LogP contribution in [0.15, 0.2) is 42.5 Å². The molecule has 0 radical (unpaired) electrons. The second-order valence-electron chi connectivity index (χ2n) is 4.88. The van der Waals surface area contributed by atoms with Gasteiger partial charge < -0.3 is 15.0 Å². The molecule has 0 aliphatic heterocycles. The van der Waals surface area contributed by atoms with Crippen LogP contribution in [-0.4, -0.2) is 15.9 Å². The molecule has 120 valence electrons. The van der Waals surface area contributed by atoms with Gasteiger partial charge in [0.15, 0.2) is 0 Å². The third-order valence-electron chi connectivity index (χ3n) is 3.21. The number of ether oxygens (including phenoxy) is 1. The SMILES string of the molecule is Nc1nc2ccc(F)cc2n1Cc1cccc(OC(F)(F)F)c1. The number of halogens is 4. The van der Waals surface area contributed by atoms with Crippen LogP contribution in [0.3, 0.4) is 0 Å². The van der Waals surface area contributed by atoms with Gasteiger partial charge in [-0.3, -0.25) is 0 Å². The number of anilines is 1. The first-order valence-electron chi connectivity index (χ1n) is 6.58. The van der Waals surface area contributed by atoms with E-state index in [2.05, 4.69) is 9.72 Å². The standard InChI is InChI=1S/C15H11F4N3O/c16-10-4-5-12-13(7-10)22(14(20)21-12)8-9-2-1-3-11(6-9)23-15(17,18)19/h1-7H,8H2,(H2,20,21). The van der Waals surface area contributed by atoms with Crippen molar-refractivity contribution in [2.45, 2.75) is 12.9 Å². The van der Waals surface area contributed by atoms with Crippen LogP contribution >= 0.6 is 0 Å². The summed E-state index contributed by atoms with van der Waals surface area (Å²) in [6, 6.07) is 9.52. The summed E-state index contributed by atoms with van der Waals surface area (Å²) < 4.78 is 55.6. The summed E-state index contributed by atoms with van der Waals surface area (Å²) in [5, 5.41) is 0. The Bertz CT molecular complexity index is 858. The molecule has 0 atom stereocenters. The van der Waals surface area contributed by atoms with Crippen LogP contribution in [0.25, 0.3) is 11.0 Å². The molecule has 23 heavy (non-hydrogen) atoms. The van der Waals surface area contributed by atoms with Crippen LogP contribution in [-0.2, 0) is 6.54 Å². The molecular weight excluding hydrogens is 314 g/mol. The van der Waals surface area contributed by atoms with Gasteiger partial charge in [-0.15, -0.1) is 13.2 Å². The van der Waals surface area contributed by atoms with E-state index >= 15 is 0 Å². The minimum atomic E-state index is -4.76. The van der Waals surface area contributed by atoms with Crippen molar-refractivity contribution in [1.82, 2.24) is 9.55 Å². The number of imidazole rings is 1. The van der Waals surface area contributed by atoms with Gasteiger partial charge in [-0.25, -0.2) is 9.37 Å². The van der Waals surface area contributed by atoms with Gasteiger partial charge in [-0.05, 0) is 35.9 Å². The molecule has 8 heteroatoms. The monoisotopic (exact) mass is 325 g/mol. The van der Waals surface area contributed by atoms with E-state index in [0.29, 0.717) is 16.6 Å². The molecule has 0 unspecified atom stereocenters. The molecule has 2 N–H and O–H groups in total. The van der Waals surface area contributed by atoms with Crippen molar-refractivity contribution in [2.24, 2.45) is 0 Å². The number of nitrogens with two attached hydrogens (primary N) is 1. The van der Waals surface area contributed by atoms with E-state index < -0.39 is 12.2 Å². The average Bonchev–Trinajstić information content (AvgIpc) is 2.74. The van der Waals surface area contributed by atoms with Crippen molar-refractivity contribution in [2.75, 3.05) is 5.73 Å². The molecule has 0 saturated heterocycles. The predicted octanol–water partition coefficient (Wildman–Crippen LogP) is 3.70. The maximum absolute atomic E-state index is 13.4. The van der Waals surface area contributed by atoms with Crippen molar-refractivity contribution >= 4 is 17.0 Å². The third-order valence-corrected chi connectivity index (χ3v) is 3.21. The minimum Gasteiger partial charge on any atom is -0.406 e. The molecule has 0 amide bonds. The molecule has 3 aromatic rings. The third kappa shape index (κ3) is 3.36.